The van der Waals surface area contributed by atoms with Gasteiger partial charge in [0, 0.05) is 38.6 Å². The molecule has 9 nitrogen and oxygen atoms in total. The van der Waals surface area contributed by atoms with Crippen LogP contribution in [-0.2, 0) is 4.79 Å². The smallest absolute Gasteiger partial charge is 0.276 e. The fourth-order valence-corrected chi connectivity index (χ4v) is 6.73. The maximum atomic E-state index is 15.6. The molecule has 1 amide bonds. The number of phenols is 1. The van der Waals surface area contributed by atoms with Crippen molar-refractivity contribution < 1.29 is 18.7 Å². The van der Waals surface area contributed by atoms with Gasteiger partial charge in [-0.1, -0.05) is 55.2 Å². The van der Waals surface area contributed by atoms with Gasteiger partial charge in [-0.3, -0.25) is 14.2 Å². The van der Waals surface area contributed by atoms with Gasteiger partial charge in [0.2, 0.25) is 5.91 Å². The average molecular weight is 690 g/mol. The molecule has 2 aliphatic rings. The minimum Gasteiger partial charge on any atom is -0.504 e. The maximum absolute atomic E-state index is 15.6. The van der Waals surface area contributed by atoms with Crippen LogP contribution in [0.1, 0.15) is 26.3 Å². The number of likely N-dealkylation sites (N-methyl/N-ethyl adjacent to an activating group) is 1. The molecule has 1 saturated heterocycles. The largest absolute Gasteiger partial charge is 0.504 e. The van der Waals surface area contributed by atoms with E-state index in [4.69, 9.17) is 34.8 Å². The van der Waals surface area contributed by atoms with Crippen LogP contribution < -0.4 is 10.5 Å². The van der Waals surface area contributed by atoms with Crippen molar-refractivity contribution in [3.63, 3.8) is 0 Å². The molecule has 0 bridgehead atoms. The second-order valence-corrected chi connectivity index (χ2v) is 12.6. The lowest BCUT2D eigenvalue weighted by Gasteiger charge is -2.38. The summed E-state index contributed by atoms with van der Waals surface area (Å²) in [5.41, 5.74) is -0.759. The summed E-state index contributed by atoms with van der Waals surface area (Å²) in [4.78, 5) is 36.7. The molecule has 0 saturated carbocycles. The number of anilines is 1. The van der Waals surface area contributed by atoms with E-state index in [-0.39, 0.29) is 71.4 Å². The Bertz CT molecular complexity index is 1950. The minimum atomic E-state index is -1.44. The van der Waals surface area contributed by atoms with E-state index >= 15 is 8.78 Å². The number of allylic oxidation sites excluding steroid dienone is 2. The summed E-state index contributed by atoms with van der Waals surface area (Å²) in [7, 11) is 1.85. The third-order valence-corrected chi connectivity index (χ3v) is 9.41. The number of rotatable bonds is 5. The van der Waals surface area contributed by atoms with Crippen molar-refractivity contribution in [2.24, 2.45) is 5.92 Å². The Balaban J connectivity index is 1.91. The van der Waals surface area contributed by atoms with Crippen molar-refractivity contribution in [1.29, 1.82) is 5.26 Å². The number of hydrogen-bond acceptors (Lipinski definition) is 7. The van der Waals surface area contributed by atoms with E-state index in [1.807, 2.05) is 45.0 Å². The molecule has 0 unspecified atom stereocenters. The Hall–Kier alpha value is -4.11. The lowest BCUT2D eigenvalue weighted by Crippen LogP contribution is -2.49. The summed E-state index contributed by atoms with van der Waals surface area (Å²) in [5.74, 6) is -4.13. The van der Waals surface area contributed by atoms with Crippen LogP contribution in [0.5, 0.6) is 5.75 Å². The highest BCUT2D eigenvalue weighted by Gasteiger charge is 2.34. The summed E-state index contributed by atoms with van der Waals surface area (Å²) in [6.07, 6.45) is 4.91. The van der Waals surface area contributed by atoms with Crippen LogP contribution in [0, 0.1) is 28.9 Å². The number of carbonyl (C=O) groups is 1. The van der Waals surface area contributed by atoms with Gasteiger partial charge in [-0.05, 0) is 42.8 Å². The monoisotopic (exact) mass is 688 g/mol. The van der Waals surface area contributed by atoms with Crippen LogP contribution >= 0.6 is 34.8 Å². The predicted octanol–water partition coefficient (Wildman–Crippen LogP) is 6.43. The van der Waals surface area contributed by atoms with Crippen molar-refractivity contribution in [2.75, 3.05) is 38.1 Å². The van der Waals surface area contributed by atoms with Gasteiger partial charge >= 0.3 is 0 Å². The molecule has 14 heteroatoms. The number of phenolic OH excluding ortho intramolecular Hbond substituents is 1. The second kappa shape index (κ2) is 12.6. The second-order valence-electron chi connectivity index (χ2n) is 11.4. The van der Waals surface area contributed by atoms with Gasteiger partial charge in [0.1, 0.15) is 22.3 Å². The number of amides is 1. The van der Waals surface area contributed by atoms with Crippen molar-refractivity contribution in [3.8, 4) is 23.1 Å². The van der Waals surface area contributed by atoms with Gasteiger partial charge in [-0.2, -0.15) is 5.26 Å². The standard InChI is InChI=1S/C32H29Cl3F2N6O3/c1-6-20(44)41-9-11-42(12-10-41)29-17-13-19(33)26(21-24(36)22(34)23(35)30(45)25(21)37)39-31(17)43(32(46)18(29)14-38)28-16(4)7-8-40(5)27(28)15(2)3/h6-8,13,15,27,45H,1,9-12H2,2-5H3/t27-/m1/s1. The van der Waals surface area contributed by atoms with Crippen molar-refractivity contribution in [2.45, 2.75) is 26.8 Å². The topological polar surface area (TPSA) is 106 Å². The van der Waals surface area contributed by atoms with Crippen molar-refractivity contribution in [3.05, 3.63) is 79.2 Å². The highest BCUT2D eigenvalue weighted by molar-refractivity contribution is 6.43. The quantitative estimate of drug-likeness (QED) is 0.187. The number of aromatic hydroxyl groups is 1. The number of hydrogen-bond donors (Lipinski definition) is 1. The molecule has 1 fully saturated rings. The number of aromatic nitrogens is 2. The fourth-order valence-electron chi connectivity index (χ4n) is 6.13. The van der Waals surface area contributed by atoms with E-state index in [0.29, 0.717) is 11.3 Å². The number of halogens is 5. The van der Waals surface area contributed by atoms with Crippen LogP contribution in [0.4, 0.5) is 14.5 Å². The lowest BCUT2D eigenvalue weighted by molar-refractivity contribution is -0.126. The number of fused-ring (bicyclic) bond motifs is 1. The number of pyridine rings is 2. The molecule has 2 aromatic heterocycles. The third kappa shape index (κ3) is 5.28. The molecule has 3 aromatic rings. The van der Waals surface area contributed by atoms with Gasteiger partial charge in [-0.25, -0.2) is 13.8 Å². The Morgan fingerprint density at radius 3 is 2.41 bits per heavy atom. The van der Waals surface area contributed by atoms with Gasteiger partial charge < -0.3 is 19.8 Å². The summed E-state index contributed by atoms with van der Waals surface area (Å²) >= 11 is 18.5. The van der Waals surface area contributed by atoms with E-state index in [2.05, 4.69) is 17.6 Å². The first-order valence-electron chi connectivity index (χ1n) is 14.3. The zero-order valence-corrected chi connectivity index (χ0v) is 27.6. The molecule has 0 aliphatic carbocycles. The van der Waals surface area contributed by atoms with Crippen LogP contribution in [0.25, 0.3) is 28.0 Å². The molecule has 1 N–H and O–H groups in total. The molecule has 1 aromatic carbocycles. The molecule has 1 atom stereocenters. The molecular weight excluding hydrogens is 661 g/mol. The number of piperazine rings is 1. The van der Waals surface area contributed by atoms with E-state index in [1.54, 1.807) is 9.80 Å². The van der Waals surface area contributed by atoms with Crippen LogP contribution in [0.2, 0.25) is 15.1 Å². The summed E-state index contributed by atoms with van der Waals surface area (Å²) in [5, 5.41) is 19.3. The normalized spacial score (nSPS) is 16.9. The number of nitriles is 1. The Labute approximate surface area is 278 Å². The van der Waals surface area contributed by atoms with Crippen LogP contribution in [0.15, 0.2) is 41.4 Å². The number of benzene rings is 1. The molecule has 240 valence electrons. The first-order valence-corrected chi connectivity index (χ1v) is 15.4. The van der Waals surface area contributed by atoms with E-state index in [0.717, 1.165) is 0 Å². The van der Waals surface area contributed by atoms with Crippen molar-refractivity contribution in [1.82, 2.24) is 19.4 Å². The van der Waals surface area contributed by atoms with Gasteiger partial charge in [-0.15, -0.1) is 0 Å². The SMILES string of the molecule is C=CC(=O)N1CCN(c2c(C#N)c(=O)n(C3=C(C)C=CN(C)[C@@H]3C(C)C)c3nc(-c4c(F)c(O)c(Cl)c(Cl)c4F)c(Cl)cc23)CC1. The third-order valence-electron chi connectivity index (χ3n) is 8.30. The van der Waals surface area contributed by atoms with Crippen LogP contribution in [0.3, 0.4) is 0 Å². The zero-order valence-electron chi connectivity index (χ0n) is 25.3. The van der Waals surface area contributed by atoms with E-state index < -0.39 is 44.2 Å². The molecule has 0 radical (unpaired) electrons. The molecule has 2 aliphatic heterocycles. The molecule has 4 heterocycles. The van der Waals surface area contributed by atoms with Gasteiger partial charge in [0.05, 0.1) is 38.7 Å². The van der Waals surface area contributed by atoms with Gasteiger partial charge in [0.25, 0.3) is 5.56 Å². The predicted molar refractivity (Wildman–Crippen MR) is 176 cm³/mol. The molecular formula is C32H29Cl3F2N6O3. The summed E-state index contributed by atoms with van der Waals surface area (Å²) < 4.78 is 32.3. The van der Waals surface area contributed by atoms with E-state index in [1.165, 1.54) is 16.7 Å². The van der Waals surface area contributed by atoms with Crippen molar-refractivity contribution >= 4 is 63.1 Å². The maximum Gasteiger partial charge on any atom is 0.276 e. The van der Waals surface area contributed by atoms with Crippen LogP contribution in [-0.4, -0.2) is 69.6 Å². The fraction of sp³-hybridized carbons (Fsp3) is 0.312. The van der Waals surface area contributed by atoms with Gasteiger partial charge in [0.15, 0.2) is 17.4 Å². The number of carbonyl (C=O) groups excluding carboxylic acids is 1. The highest BCUT2D eigenvalue weighted by Crippen LogP contribution is 2.45. The molecule has 0 spiro atoms. The highest BCUT2D eigenvalue weighted by atomic mass is 35.5. The Morgan fingerprint density at radius 1 is 1.17 bits per heavy atom. The summed E-state index contributed by atoms with van der Waals surface area (Å²) in [6, 6.07) is 3.09. The lowest BCUT2D eigenvalue weighted by atomic mass is 9.93. The number of nitrogens with zero attached hydrogens (tertiary/aromatic N) is 6. The molecule has 46 heavy (non-hydrogen) atoms. The first-order chi connectivity index (χ1) is 21.7. The minimum absolute atomic E-state index is 0.0313. The van der Waals surface area contributed by atoms with E-state index in [9.17, 15) is 20.0 Å². The first kappa shape index (κ1) is 33.3. The summed E-state index contributed by atoms with van der Waals surface area (Å²) in [6.45, 7) is 10.4. The Morgan fingerprint density at radius 2 is 1.83 bits per heavy atom. The molecule has 5 rings (SSSR count). The average Bonchev–Trinajstić information content (AvgIpc) is 3.03. The Kier molecular flexibility index (Phi) is 9.10. The zero-order chi connectivity index (χ0) is 33.8.